The van der Waals surface area contributed by atoms with E-state index < -0.39 is 0 Å². The standard InChI is InChI=1S/C14H13Cl2FN2/c1-19(13-5-3-2-4-12(13)17)8-9-6-10(15)14(18)11(16)7-9/h2-7H,8,18H2,1H3. The molecule has 0 aliphatic rings. The van der Waals surface area contributed by atoms with Crippen LogP contribution in [0.3, 0.4) is 0 Å². The molecule has 2 rings (SSSR count). The highest BCUT2D eigenvalue weighted by atomic mass is 35.5. The molecular formula is C14H13Cl2FN2. The zero-order valence-corrected chi connectivity index (χ0v) is 11.8. The molecule has 0 radical (unpaired) electrons. The number of nitrogen functional groups attached to an aromatic ring is 1. The van der Waals surface area contributed by atoms with Crippen LogP contribution in [-0.4, -0.2) is 7.05 Å². The second kappa shape index (κ2) is 5.68. The third-order valence-corrected chi connectivity index (χ3v) is 3.45. The summed E-state index contributed by atoms with van der Waals surface area (Å²) in [6.45, 7) is 0.487. The van der Waals surface area contributed by atoms with Crippen LogP contribution >= 0.6 is 23.2 Å². The van der Waals surface area contributed by atoms with Gasteiger partial charge in [0.1, 0.15) is 5.82 Å². The Labute approximate surface area is 121 Å². The van der Waals surface area contributed by atoms with E-state index in [0.717, 1.165) is 5.56 Å². The summed E-state index contributed by atoms with van der Waals surface area (Å²) in [7, 11) is 1.80. The van der Waals surface area contributed by atoms with Crippen molar-refractivity contribution < 1.29 is 4.39 Å². The molecule has 0 amide bonds. The molecule has 100 valence electrons. The average Bonchev–Trinajstić information content (AvgIpc) is 2.36. The van der Waals surface area contributed by atoms with Crippen LogP contribution in [0, 0.1) is 5.82 Å². The number of hydrogen-bond donors (Lipinski definition) is 1. The summed E-state index contributed by atoms with van der Waals surface area (Å²) in [5, 5.41) is 0.814. The van der Waals surface area contributed by atoms with Gasteiger partial charge in [-0.05, 0) is 29.8 Å². The van der Waals surface area contributed by atoms with Crippen molar-refractivity contribution in [1.29, 1.82) is 0 Å². The zero-order valence-electron chi connectivity index (χ0n) is 10.3. The molecule has 0 saturated heterocycles. The van der Waals surface area contributed by atoms with Crippen LogP contribution in [0.15, 0.2) is 36.4 Å². The Balaban J connectivity index is 2.24. The third-order valence-electron chi connectivity index (χ3n) is 2.82. The highest BCUT2D eigenvalue weighted by molar-refractivity contribution is 6.38. The van der Waals surface area contributed by atoms with E-state index >= 15 is 0 Å². The van der Waals surface area contributed by atoms with E-state index in [4.69, 9.17) is 28.9 Å². The Morgan fingerprint density at radius 2 is 1.74 bits per heavy atom. The van der Waals surface area contributed by atoms with Crippen molar-refractivity contribution in [2.24, 2.45) is 0 Å². The van der Waals surface area contributed by atoms with E-state index in [2.05, 4.69) is 0 Å². The summed E-state index contributed by atoms with van der Waals surface area (Å²) in [6.07, 6.45) is 0. The van der Waals surface area contributed by atoms with E-state index in [1.807, 2.05) is 0 Å². The number of hydrogen-bond acceptors (Lipinski definition) is 2. The summed E-state index contributed by atoms with van der Waals surface area (Å²) < 4.78 is 13.7. The highest BCUT2D eigenvalue weighted by Gasteiger charge is 2.10. The Morgan fingerprint density at radius 1 is 1.16 bits per heavy atom. The molecule has 19 heavy (non-hydrogen) atoms. The first-order valence-electron chi connectivity index (χ1n) is 5.68. The summed E-state index contributed by atoms with van der Waals surface area (Å²) in [5.74, 6) is -0.266. The maximum atomic E-state index is 13.7. The fourth-order valence-electron chi connectivity index (χ4n) is 1.85. The number of nitrogens with zero attached hydrogens (tertiary/aromatic N) is 1. The number of nitrogens with two attached hydrogens (primary N) is 1. The fourth-order valence-corrected chi connectivity index (χ4v) is 2.38. The molecule has 5 heteroatoms. The molecule has 0 saturated carbocycles. The SMILES string of the molecule is CN(Cc1cc(Cl)c(N)c(Cl)c1)c1ccccc1F. The van der Waals surface area contributed by atoms with Crippen LogP contribution in [0.4, 0.5) is 15.8 Å². The molecule has 0 bridgehead atoms. The van der Waals surface area contributed by atoms with Gasteiger partial charge in [0.25, 0.3) is 0 Å². The van der Waals surface area contributed by atoms with Crippen LogP contribution in [0.25, 0.3) is 0 Å². The molecule has 2 aromatic carbocycles. The molecule has 0 fully saturated rings. The van der Waals surface area contributed by atoms with E-state index in [9.17, 15) is 4.39 Å². The van der Waals surface area contributed by atoms with Crippen molar-refractivity contribution >= 4 is 34.6 Å². The van der Waals surface area contributed by atoms with Crippen molar-refractivity contribution in [1.82, 2.24) is 0 Å². The number of anilines is 2. The predicted molar refractivity (Wildman–Crippen MR) is 79.4 cm³/mol. The van der Waals surface area contributed by atoms with Gasteiger partial charge in [-0.3, -0.25) is 0 Å². The first-order valence-corrected chi connectivity index (χ1v) is 6.43. The molecule has 0 heterocycles. The van der Waals surface area contributed by atoms with Gasteiger partial charge in [-0.25, -0.2) is 4.39 Å². The number of rotatable bonds is 3. The van der Waals surface area contributed by atoms with Crippen molar-refractivity contribution in [3.8, 4) is 0 Å². The largest absolute Gasteiger partial charge is 0.396 e. The summed E-state index contributed by atoms with van der Waals surface area (Å²) >= 11 is 12.0. The fraction of sp³-hybridized carbons (Fsp3) is 0.143. The lowest BCUT2D eigenvalue weighted by Gasteiger charge is -2.20. The first kappa shape index (κ1) is 14.0. The minimum Gasteiger partial charge on any atom is -0.396 e. The lowest BCUT2D eigenvalue weighted by atomic mass is 10.2. The van der Waals surface area contributed by atoms with Crippen molar-refractivity contribution in [2.45, 2.75) is 6.54 Å². The van der Waals surface area contributed by atoms with Gasteiger partial charge in [-0.1, -0.05) is 35.3 Å². The predicted octanol–water partition coefficient (Wildman–Crippen LogP) is 4.35. The van der Waals surface area contributed by atoms with Crippen molar-refractivity contribution in [2.75, 3.05) is 17.7 Å². The minimum absolute atomic E-state index is 0.266. The Kier molecular flexibility index (Phi) is 4.17. The van der Waals surface area contributed by atoms with E-state index in [-0.39, 0.29) is 5.82 Å². The molecule has 0 aliphatic heterocycles. The monoisotopic (exact) mass is 298 g/mol. The quantitative estimate of drug-likeness (QED) is 0.854. The first-order chi connectivity index (χ1) is 8.99. The molecule has 0 aromatic heterocycles. The van der Waals surface area contributed by atoms with Crippen LogP contribution in [0.2, 0.25) is 10.0 Å². The second-order valence-corrected chi connectivity index (χ2v) is 5.10. The highest BCUT2D eigenvalue weighted by Crippen LogP contribution is 2.30. The molecule has 2 N–H and O–H groups in total. The van der Waals surface area contributed by atoms with Crippen LogP contribution < -0.4 is 10.6 Å². The van der Waals surface area contributed by atoms with E-state index in [1.54, 1.807) is 42.3 Å². The molecule has 2 nitrogen and oxygen atoms in total. The molecule has 0 spiro atoms. The zero-order chi connectivity index (χ0) is 14.0. The third kappa shape index (κ3) is 3.11. The molecule has 0 atom stereocenters. The van der Waals surface area contributed by atoms with Gasteiger partial charge in [0.2, 0.25) is 0 Å². The summed E-state index contributed by atoms with van der Waals surface area (Å²) in [4.78, 5) is 1.79. The normalized spacial score (nSPS) is 10.5. The Bertz CT molecular complexity index is 579. The lowest BCUT2D eigenvalue weighted by molar-refractivity contribution is 0.622. The summed E-state index contributed by atoms with van der Waals surface area (Å²) in [5.41, 5.74) is 7.43. The molecular weight excluding hydrogens is 286 g/mol. The molecule has 2 aromatic rings. The van der Waals surface area contributed by atoms with Gasteiger partial charge >= 0.3 is 0 Å². The van der Waals surface area contributed by atoms with Gasteiger partial charge in [0, 0.05) is 13.6 Å². The Hall–Kier alpha value is -1.45. The van der Waals surface area contributed by atoms with Crippen LogP contribution in [0.5, 0.6) is 0 Å². The topological polar surface area (TPSA) is 29.3 Å². The second-order valence-electron chi connectivity index (χ2n) is 4.28. The van der Waals surface area contributed by atoms with Crippen LogP contribution in [0.1, 0.15) is 5.56 Å². The molecule has 0 unspecified atom stereocenters. The smallest absolute Gasteiger partial charge is 0.146 e. The summed E-state index contributed by atoms with van der Waals surface area (Å²) in [6, 6.07) is 10.1. The van der Waals surface area contributed by atoms with Gasteiger partial charge in [0.15, 0.2) is 0 Å². The van der Waals surface area contributed by atoms with Gasteiger partial charge < -0.3 is 10.6 Å². The lowest BCUT2D eigenvalue weighted by Crippen LogP contribution is -2.17. The number of benzene rings is 2. The van der Waals surface area contributed by atoms with Crippen molar-refractivity contribution in [3.63, 3.8) is 0 Å². The minimum atomic E-state index is -0.266. The molecule has 0 aliphatic carbocycles. The van der Waals surface area contributed by atoms with Gasteiger partial charge in [-0.15, -0.1) is 0 Å². The number of para-hydroxylation sites is 1. The maximum absolute atomic E-state index is 13.7. The van der Waals surface area contributed by atoms with Gasteiger partial charge in [0.05, 0.1) is 21.4 Å². The maximum Gasteiger partial charge on any atom is 0.146 e. The Morgan fingerprint density at radius 3 is 2.32 bits per heavy atom. The number of halogens is 3. The van der Waals surface area contributed by atoms with E-state index in [0.29, 0.717) is 28.0 Å². The average molecular weight is 299 g/mol. The van der Waals surface area contributed by atoms with Gasteiger partial charge in [-0.2, -0.15) is 0 Å². The van der Waals surface area contributed by atoms with Crippen molar-refractivity contribution in [3.05, 3.63) is 57.8 Å². The van der Waals surface area contributed by atoms with E-state index in [1.165, 1.54) is 6.07 Å². The van der Waals surface area contributed by atoms with Crippen LogP contribution in [-0.2, 0) is 6.54 Å².